The van der Waals surface area contributed by atoms with Gasteiger partial charge in [-0.1, -0.05) is 0 Å². The summed E-state index contributed by atoms with van der Waals surface area (Å²) in [4.78, 5) is 22.5. The Morgan fingerprint density at radius 3 is 2.60 bits per heavy atom. The Kier molecular flexibility index (Phi) is 3.11. The third-order valence-corrected chi connectivity index (χ3v) is 2.66. The number of fused-ring (bicyclic) bond motifs is 1. The standard InChI is InChI=1S/C12H11F3N2O3/c1-11(2)9(18)17-7-5-6(3-4-8(7)20-11)16-10(19)12(13,14)15/h3-5H,1-2H3,(H,16,19)(H,17,18). The van der Waals surface area contributed by atoms with Gasteiger partial charge in [0.1, 0.15) is 5.75 Å². The van der Waals surface area contributed by atoms with Crippen molar-refractivity contribution < 1.29 is 27.5 Å². The maximum atomic E-state index is 12.1. The quantitative estimate of drug-likeness (QED) is 0.833. The lowest BCUT2D eigenvalue weighted by Crippen LogP contribution is -2.45. The first-order valence-electron chi connectivity index (χ1n) is 5.62. The molecule has 0 fully saturated rings. The van der Waals surface area contributed by atoms with Gasteiger partial charge in [0, 0.05) is 5.69 Å². The minimum atomic E-state index is -4.97. The van der Waals surface area contributed by atoms with Gasteiger partial charge in [-0.3, -0.25) is 9.59 Å². The van der Waals surface area contributed by atoms with E-state index in [1.807, 2.05) is 0 Å². The van der Waals surface area contributed by atoms with Crippen LogP contribution in [0, 0.1) is 0 Å². The van der Waals surface area contributed by atoms with Gasteiger partial charge < -0.3 is 15.4 Å². The zero-order valence-corrected chi connectivity index (χ0v) is 10.6. The summed E-state index contributed by atoms with van der Waals surface area (Å²) < 4.78 is 41.8. The molecule has 0 saturated heterocycles. The third kappa shape index (κ3) is 2.68. The fourth-order valence-electron chi connectivity index (χ4n) is 1.59. The molecule has 0 aliphatic carbocycles. The average Bonchev–Trinajstić information content (AvgIpc) is 2.29. The van der Waals surface area contributed by atoms with Crippen LogP contribution in [0.2, 0.25) is 0 Å². The van der Waals surface area contributed by atoms with Crippen LogP contribution in [0.25, 0.3) is 0 Å². The van der Waals surface area contributed by atoms with Crippen LogP contribution in [0.5, 0.6) is 5.75 Å². The van der Waals surface area contributed by atoms with Crippen LogP contribution in [0.1, 0.15) is 13.8 Å². The molecule has 0 unspecified atom stereocenters. The van der Waals surface area contributed by atoms with E-state index in [1.165, 1.54) is 18.2 Å². The molecule has 1 aliphatic heterocycles. The molecule has 0 spiro atoms. The maximum Gasteiger partial charge on any atom is 0.471 e. The van der Waals surface area contributed by atoms with E-state index < -0.39 is 23.6 Å². The topological polar surface area (TPSA) is 67.4 Å². The molecular formula is C12H11F3N2O3. The molecule has 8 heteroatoms. The number of anilines is 2. The zero-order valence-electron chi connectivity index (χ0n) is 10.6. The Morgan fingerprint density at radius 1 is 1.35 bits per heavy atom. The average molecular weight is 288 g/mol. The van der Waals surface area contributed by atoms with Gasteiger partial charge in [-0.2, -0.15) is 13.2 Å². The smallest absolute Gasteiger partial charge is 0.471 e. The summed E-state index contributed by atoms with van der Waals surface area (Å²) in [6.07, 6.45) is -4.97. The van der Waals surface area contributed by atoms with Crippen molar-refractivity contribution >= 4 is 23.2 Å². The highest BCUT2D eigenvalue weighted by atomic mass is 19.4. The summed E-state index contributed by atoms with van der Waals surface area (Å²) in [5.74, 6) is -2.19. The van der Waals surface area contributed by atoms with Gasteiger partial charge in [-0.25, -0.2) is 0 Å². The molecule has 0 atom stereocenters. The van der Waals surface area contributed by atoms with Crippen LogP contribution in [-0.4, -0.2) is 23.6 Å². The molecule has 0 radical (unpaired) electrons. The van der Waals surface area contributed by atoms with Gasteiger partial charge in [0.25, 0.3) is 5.91 Å². The molecule has 1 aromatic rings. The number of amides is 2. The molecule has 1 aromatic carbocycles. The van der Waals surface area contributed by atoms with Crippen LogP contribution >= 0.6 is 0 Å². The Hall–Kier alpha value is -2.25. The van der Waals surface area contributed by atoms with Crippen molar-refractivity contribution in [3.8, 4) is 5.75 Å². The summed E-state index contributed by atoms with van der Waals surface area (Å²) in [5, 5.41) is 4.20. The highest BCUT2D eigenvalue weighted by Crippen LogP contribution is 2.35. The van der Waals surface area contributed by atoms with Gasteiger partial charge in [0.2, 0.25) is 0 Å². The summed E-state index contributed by atoms with van der Waals surface area (Å²) >= 11 is 0. The van der Waals surface area contributed by atoms with Crippen molar-refractivity contribution in [1.82, 2.24) is 0 Å². The number of carbonyl (C=O) groups excluding carboxylic acids is 2. The first-order chi connectivity index (χ1) is 9.09. The van der Waals surface area contributed by atoms with E-state index >= 15 is 0 Å². The summed E-state index contributed by atoms with van der Waals surface area (Å²) in [7, 11) is 0. The van der Waals surface area contributed by atoms with Crippen LogP contribution in [0.3, 0.4) is 0 Å². The lowest BCUT2D eigenvalue weighted by atomic mass is 10.1. The second-order valence-corrected chi connectivity index (χ2v) is 4.73. The minimum absolute atomic E-state index is 0.0883. The van der Waals surface area contributed by atoms with Crippen LogP contribution < -0.4 is 15.4 Å². The van der Waals surface area contributed by atoms with Crippen LogP contribution in [0.15, 0.2) is 18.2 Å². The van der Waals surface area contributed by atoms with Gasteiger partial charge in [0.05, 0.1) is 5.69 Å². The van der Waals surface area contributed by atoms with Crippen molar-refractivity contribution in [2.45, 2.75) is 25.6 Å². The highest BCUT2D eigenvalue weighted by molar-refractivity contribution is 6.01. The Labute approximate surface area is 112 Å². The fraction of sp³-hybridized carbons (Fsp3) is 0.333. The molecule has 1 aliphatic rings. The van der Waals surface area contributed by atoms with E-state index in [4.69, 9.17) is 4.74 Å². The number of hydrogen-bond acceptors (Lipinski definition) is 3. The molecule has 0 bridgehead atoms. The number of carbonyl (C=O) groups is 2. The molecule has 20 heavy (non-hydrogen) atoms. The third-order valence-electron chi connectivity index (χ3n) is 2.66. The minimum Gasteiger partial charge on any atom is -0.476 e. The first-order valence-corrected chi connectivity index (χ1v) is 5.62. The van der Waals surface area contributed by atoms with E-state index in [9.17, 15) is 22.8 Å². The van der Waals surface area contributed by atoms with E-state index in [1.54, 1.807) is 19.2 Å². The van der Waals surface area contributed by atoms with Gasteiger partial charge >= 0.3 is 12.1 Å². The largest absolute Gasteiger partial charge is 0.476 e. The lowest BCUT2D eigenvalue weighted by molar-refractivity contribution is -0.167. The fourth-order valence-corrected chi connectivity index (χ4v) is 1.59. The number of ether oxygens (including phenoxy) is 1. The number of nitrogens with one attached hydrogen (secondary N) is 2. The van der Waals surface area contributed by atoms with Crippen LogP contribution in [-0.2, 0) is 9.59 Å². The number of benzene rings is 1. The number of hydrogen-bond donors (Lipinski definition) is 2. The van der Waals surface area contributed by atoms with Crippen molar-refractivity contribution in [1.29, 1.82) is 0 Å². The molecule has 1 heterocycles. The van der Waals surface area contributed by atoms with E-state index in [-0.39, 0.29) is 11.4 Å². The van der Waals surface area contributed by atoms with Gasteiger partial charge in [-0.05, 0) is 32.0 Å². The summed E-state index contributed by atoms with van der Waals surface area (Å²) in [5.41, 5.74) is -0.951. The highest BCUT2D eigenvalue weighted by Gasteiger charge is 2.39. The molecular weight excluding hydrogens is 277 g/mol. The second kappa shape index (κ2) is 4.39. The molecule has 108 valence electrons. The van der Waals surface area contributed by atoms with E-state index in [0.717, 1.165) is 0 Å². The molecule has 2 N–H and O–H groups in total. The lowest BCUT2D eigenvalue weighted by Gasteiger charge is -2.31. The van der Waals surface area contributed by atoms with Gasteiger partial charge in [0.15, 0.2) is 5.60 Å². The SMILES string of the molecule is CC1(C)Oc2ccc(NC(=O)C(F)(F)F)cc2NC1=O. The maximum absolute atomic E-state index is 12.1. The van der Waals surface area contributed by atoms with E-state index in [0.29, 0.717) is 5.75 Å². The Morgan fingerprint density at radius 2 is 2.00 bits per heavy atom. The van der Waals surface area contributed by atoms with Crippen molar-refractivity contribution in [2.24, 2.45) is 0 Å². The molecule has 5 nitrogen and oxygen atoms in total. The zero-order chi connectivity index (χ0) is 15.1. The van der Waals surface area contributed by atoms with Gasteiger partial charge in [-0.15, -0.1) is 0 Å². The van der Waals surface area contributed by atoms with Crippen molar-refractivity contribution in [3.05, 3.63) is 18.2 Å². The number of rotatable bonds is 1. The Balaban J connectivity index is 2.24. The van der Waals surface area contributed by atoms with E-state index in [2.05, 4.69) is 5.32 Å². The summed E-state index contributed by atoms with van der Waals surface area (Å²) in [6, 6.07) is 3.84. The predicted molar refractivity (Wildman–Crippen MR) is 64.5 cm³/mol. The molecule has 2 rings (SSSR count). The number of alkyl halides is 3. The van der Waals surface area contributed by atoms with Crippen molar-refractivity contribution in [2.75, 3.05) is 10.6 Å². The monoisotopic (exact) mass is 288 g/mol. The Bertz CT molecular complexity index is 582. The molecule has 2 amide bonds. The molecule has 0 saturated carbocycles. The summed E-state index contributed by atoms with van der Waals surface area (Å²) in [6.45, 7) is 3.12. The second-order valence-electron chi connectivity index (χ2n) is 4.73. The normalized spacial score (nSPS) is 16.8. The number of halogens is 3. The molecule has 0 aromatic heterocycles. The predicted octanol–water partition coefficient (Wildman–Crippen LogP) is 2.30. The van der Waals surface area contributed by atoms with Crippen molar-refractivity contribution in [3.63, 3.8) is 0 Å². The first kappa shape index (κ1) is 14.2. The van der Waals surface area contributed by atoms with Crippen LogP contribution in [0.4, 0.5) is 24.5 Å².